The van der Waals surface area contributed by atoms with E-state index in [9.17, 15) is 0 Å². The van der Waals surface area contributed by atoms with Gasteiger partial charge in [0.25, 0.3) is 0 Å². The summed E-state index contributed by atoms with van der Waals surface area (Å²) in [6.07, 6.45) is 15.5. The maximum atomic E-state index is 5.71. The van der Waals surface area contributed by atoms with Crippen molar-refractivity contribution in [3.63, 3.8) is 0 Å². The zero-order chi connectivity index (χ0) is 17.9. The monoisotopic (exact) mass is 342 g/mol. The van der Waals surface area contributed by atoms with Crippen molar-refractivity contribution in [2.24, 2.45) is 11.8 Å². The molecule has 0 rings (SSSR count). The molecule has 2 heteroatoms. The fraction of sp³-hybridized carbons (Fsp3) is 1.00. The normalized spacial score (nSPS) is 11.8. The largest absolute Gasteiger partial charge is 0.381 e. The molecule has 0 fully saturated rings. The molecule has 0 N–H and O–H groups in total. The van der Waals surface area contributed by atoms with E-state index < -0.39 is 0 Å². The van der Waals surface area contributed by atoms with Crippen molar-refractivity contribution in [1.82, 2.24) is 0 Å². The van der Waals surface area contributed by atoms with Gasteiger partial charge < -0.3 is 9.47 Å². The van der Waals surface area contributed by atoms with Gasteiger partial charge in [-0.1, -0.05) is 79.1 Å². The molecule has 2 nitrogen and oxygen atoms in total. The second-order valence-electron chi connectivity index (χ2n) is 8.13. The Bertz CT molecular complexity index is 202. The first kappa shape index (κ1) is 23.9. The molecule has 0 aliphatic carbocycles. The number of hydrogen-bond donors (Lipinski definition) is 0. The second kappa shape index (κ2) is 19.2. The molecule has 0 unspecified atom stereocenters. The van der Waals surface area contributed by atoms with Gasteiger partial charge in [-0.05, 0) is 37.5 Å². The van der Waals surface area contributed by atoms with Gasteiger partial charge >= 0.3 is 0 Å². The molecule has 0 radical (unpaired) electrons. The first-order chi connectivity index (χ1) is 11.6. The molecular weight excluding hydrogens is 296 g/mol. The van der Waals surface area contributed by atoms with Gasteiger partial charge in [0, 0.05) is 26.4 Å². The molecule has 0 aliphatic rings. The van der Waals surface area contributed by atoms with Crippen molar-refractivity contribution in [3.8, 4) is 0 Å². The Morgan fingerprint density at radius 3 is 1.00 bits per heavy atom. The Labute approximate surface area is 153 Å². The van der Waals surface area contributed by atoms with Crippen LogP contribution in [0.15, 0.2) is 0 Å². The number of hydrogen-bond acceptors (Lipinski definition) is 2. The summed E-state index contributed by atoms with van der Waals surface area (Å²) >= 11 is 0. The highest BCUT2D eigenvalue weighted by atomic mass is 16.5. The Morgan fingerprint density at radius 1 is 0.417 bits per heavy atom. The topological polar surface area (TPSA) is 18.5 Å². The number of unbranched alkanes of at least 4 members (excludes halogenated alkanes) is 7. The van der Waals surface area contributed by atoms with Crippen LogP contribution in [0.4, 0.5) is 0 Å². The van der Waals surface area contributed by atoms with Gasteiger partial charge in [0.1, 0.15) is 0 Å². The highest BCUT2D eigenvalue weighted by Crippen LogP contribution is 2.09. The molecule has 0 atom stereocenters. The molecule has 0 aromatic heterocycles. The van der Waals surface area contributed by atoms with Gasteiger partial charge in [0.05, 0.1) is 0 Å². The Kier molecular flexibility index (Phi) is 19.2. The SMILES string of the molecule is CC(C)CCCCCOCCCCCCOCCCCCC(C)C. The van der Waals surface area contributed by atoms with Gasteiger partial charge in [0.2, 0.25) is 0 Å². The molecule has 24 heavy (non-hydrogen) atoms. The molecule has 146 valence electrons. The quantitative estimate of drug-likeness (QED) is 0.235. The van der Waals surface area contributed by atoms with Crippen LogP contribution in [0.2, 0.25) is 0 Å². The Hall–Kier alpha value is -0.0800. The minimum atomic E-state index is 0.847. The van der Waals surface area contributed by atoms with Crippen LogP contribution < -0.4 is 0 Å². The number of rotatable bonds is 19. The van der Waals surface area contributed by atoms with Crippen LogP contribution in [-0.4, -0.2) is 26.4 Å². The van der Waals surface area contributed by atoms with Crippen molar-refractivity contribution >= 4 is 0 Å². The molecule has 0 bridgehead atoms. The summed E-state index contributed by atoms with van der Waals surface area (Å²) in [6, 6.07) is 0. The van der Waals surface area contributed by atoms with Crippen molar-refractivity contribution in [2.75, 3.05) is 26.4 Å². The van der Waals surface area contributed by atoms with Crippen LogP contribution in [0.1, 0.15) is 105 Å². The molecule has 0 aromatic rings. The lowest BCUT2D eigenvalue weighted by Crippen LogP contribution is -1.99. The standard InChI is InChI=1S/C22H46O2/c1-21(2)15-9-7-13-19-23-17-11-5-6-12-18-24-20-14-8-10-16-22(3)4/h21-22H,5-20H2,1-4H3. The third-order valence-corrected chi connectivity index (χ3v) is 4.47. The van der Waals surface area contributed by atoms with Crippen molar-refractivity contribution in [2.45, 2.75) is 105 Å². The van der Waals surface area contributed by atoms with Crippen LogP contribution in [0.3, 0.4) is 0 Å². The third kappa shape index (κ3) is 21.9. The molecule has 0 heterocycles. The lowest BCUT2D eigenvalue weighted by atomic mass is 10.1. The third-order valence-electron chi connectivity index (χ3n) is 4.47. The maximum Gasteiger partial charge on any atom is 0.0466 e. The first-order valence-electron chi connectivity index (χ1n) is 10.8. The van der Waals surface area contributed by atoms with E-state index in [4.69, 9.17) is 9.47 Å². The molecule has 0 amide bonds. The van der Waals surface area contributed by atoms with Crippen LogP contribution in [0.25, 0.3) is 0 Å². The summed E-state index contributed by atoms with van der Waals surface area (Å²) < 4.78 is 11.4. The van der Waals surface area contributed by atoms with Gasteiger partial charge in [-0.2, -0.15) is 0 Å². The summed E-state index contributed by atoms with van der Waals surface area (Å²) in [4.78, 5) is 0. The van der Waals surface area contributed by atoms with E-state index in [0.29, 0.717) is 0 Å². The molecule has 0 aliphatic heterocycles. The average Bonchev–Trinajstić information content (AvgIpc) is 2.53. The van der Waals surface area contributed by atoms with Crippen molar-refractivity contribution in [3.05, 3.63) is 0 Å². The first-order valence-corrected chi connectivity index (χ1v) is 10.8. The van der Waals surface area contributed by atoms with E-state index >= 15 is 0 Å². The zero-order valence-electron chi connectivity index (χ0n) is 17.3. The number of ether oxygens (including phenoxy) is 2. The highest BCUT2D eigenvalue weighted by molar-refractivity contribution is 4.49. The van der Waals surface area contributed by atoms with Gasteiger partial charge in [-0.3, -0.25) is 0 Å². The predicted octanol–water partition coefficient (Wildman–Crippen LogP) is 7.01. The van der Waals surface area contributed by atoms with E-state index in [1.807, 2.05) is 0 Å². The smallest absolute Gasteiger partial charge is 0.0466 e. The Balaban J connectivity index is 2.98. The summed E-state index contributed by atoms with van der Waals surface area (Å²) in [6.45, 7) is 13.0. The fourth-order valence-electron chi connectivity index (χ4n) is 2.83. The van der Waals surface area contributed by atoms with E-state index in [1.54, 1.807) is 0 Å². The van der Waals surface area contributed by atoms with Gasteiger partial charge in [-0.15, -0.1) is 0 Å². The van der Waals surface area contributed by atoms with Crippen LogP contribution in [0, 0.1) is 11.8 Å². The van der Waals surface area contributed by atoms with Crippen LogP contribution in [-0.2, 0) is 9.47 Å². The van der Waals surface area contributed by atoms with Gasteiger partial charge in [-0.25, -0.2) is 0 Å². The van der Waals surface area contributed by atoms with Crippen LogP contribution in [0.5, 0.6) is 0 Å². The Morgan fingerprint density at radius 2 is 0.708 bits per heavy atom. The summed E-state index contributed by atoms with van der Waals surface area (Å²) in [7, 11) is 0. The molecular formula is C22H46O2. The molecule has 0 saturated carbocycles. The van der Waals surface area contributed by atoms with Crippen LogP contribution >= 0.6 is 0 Å². The van der Waals surface area contributed by atoms with E-state index in [1.165, 1.54) is 77.0 Å². The molecule has 0 saturated heterocycles. The fourth-order valence-corrected chi connectivity index (χ4v) is 2.83. The summed E-state index contributed by atoms with van der Waals surface area (Å²) in [5.41, 5.74) is 0. The maximum absolute atomic E-state index is 5.71. The van der Waals surface area contributed by atoms with E-state index in [2.05, 4.69) is 27.7 Å². The minimum absolute atomic E-state index is 0.847. The summed E-state index contributed by atoms with van der Waals surface area (Å²) in [5, 5.41) is 0. The summed E-state index contributed by atoms with van der Waals surface area (Å²) in [5.74, 6) is 1.69. The van der Waals surface area contributed by atoms with E-state index in [0.717, 1.165) is 38.3 Å². The average molecular weight is 343 g/mol. The van der Waals surface area contributed by atoms with Crippen molar-refractivity contribution < 1.29 is 9.47 Å². The lowest BCUT2D eigenvalue weighted by molar-refractivity contribution is 0.117. The highest BCUT2D eigenvalue weighted by Gasteiger charge is 1.96. The van der Waals surface area contributed by atoms with Gasteiger partial charge in [0.15, 0.2) is 0 Å². The zero-order valence-corrected chi connectivity index (χ0v) is 17.3. The molecule has 0 aromatic carbocycles. The lowest BCUT2D eigenvalue weighted by Gasteiger charge is -2.07. The molecule has 0 spiro atoms. The predicted molar refractivity (Wildman–Crippen MR) is 107 cm³/mol. The second-order valence-corrected chi connectivity index (χ2v) is 8.13. The minimum Gasteiger partial charge on any atom is -0.381 e. The van der Waals surface area contributed by atoms with E-state index in [-0.39, 0.29) is 0 Å². The van der Waals surface area contributed by atoms with Crippen molar-refractivity contribution in [1.29, 1.82) is 0 Å².